The summed E-state index contributed by atoms with van der Waals surface area (Å²) in [6.07, 6.45) is 0. The zero-order chi connectivity index (χ0) is 22.4. The van der Waals surface area contributed by atoms with Gasteiger partial charge in [-0.25, -0.2) is 0 Å². The summed E-state index contributed by atoms with van der Waals surface area (Å²) in [5, 5.41) is 0. The van der Waals surface area contributed by atoms with Crippen LogP contribution in [0.3, 0.4) is 0 Å². The van der Waals surface area contributed by atoms with Gasteiger partial charge in [-0.1, -0.05) is 12.1 Å². The van der Waals surface area contributed by atoms with Crippen molar-refractivity contribution < 1.29 is 32.6 Å². The SMILES string of the molecule is CCOc1cc(C(=O)N2CCN(C(=O)c3ccccc3OC(F)F)CC2)ccc1OC. The maximum atomic E-state index is 12.9. The minimum atomic E-state index is -3.02. The Morgan fingerprint density at radius 3 is 2.19 bits per heavy atom. The lowest BCUT2D eigenvalue weighted by Crippen LogP contribution is -2.50. The van der Waals surface area contributed by atoms with Gasteiger partial charge in [0.05, 0.1) is 19.3 Å². The molecule has 166 valence electrons. The summed E-state index contributed by atoms with van der Waals surface area (Å²) in [6, 6.07) is 10.9. The summed E-state index contributed by atoms with van der Waals surface area (Å²) >= 11 is 0. The van der Waals surface area contributed by atoms with E-state index in [4.69, 9.17) is 9.47 Å². The minimum Gasteiger partial charge on any atom is -0.493 e. The van der Waals surface area contributed by atoms with Gasteiger partial charge in [0.2, 0.25) is 0 Å². The average Bonchev–Trinajstić information content (AvgIpc) is 2.78. The van der Waals surface area contributed by atoms with Gasteiger partial charge in [0.15, 0.2) is 11.5 Å². The minimum absolute atomic E-state index is 0.0686. The number of rotatable bonds is 7. The molecule has 0 radical (unpaired) electrons. The Morgan fingerprint density at radius 1 is 0.935 bits per heavy atom. The van der Waals surface area contributed by atoms with Gasteiger partial charge in [-0.2, -0.15) is 8.78 Å². The second-order valence-electron chi connectivity index (χ2n) is 6.76. The van der Waals surface area contributed by atoms with Crippen LogP contribution in [-0.2, 0) is 0 Å². The van der Waals surface area contributed by atoms with E-state index in [9.17, 15) is 18.4 Å². The lowest BCUT2D eigenvalue weighted by atomic mass is 10.1. The van der Waals surface area contributed by atoms with Crippen LogP contribution in [0.2, 0.25) is 0 Å². The molecule has 0 spiro atoms. The summed E-state index contributed by atoms with van der Waals surface area (Å²) in [6.45, 7) is 0.454. The molecule has 2 amide bonds. The van der Waals surface area contributed by atoms with Crippen molar-refractivity contribution in [2.24, 2.45) is 0 Å². The van der Waals surface area contributed by atoms with Crippen molar-refractivity contribution in [2.45, 2.75) is 13.5 Å². The highest BCUT2D eigenvalue weighted by Gasteiger charge is 2.27. The third-order valence-electron chi connectivity index (χ3n) is 4.90. The summed E-state index contributed by atoms with van der Waals surface area (Å²) in [4.78, 5) is 28.9. The molecule has 2 aromatic carbocycles. The monoisotopic (exact) mass is 434 g/mol. The van der Waals surface area contributed by atoms with Crippen molar-refractivity contribution in [2.75, 3.05) is 39.9 Å². The molecule has 7 nitrogen and oxygen atoms in total. The number of benzene rings is 2. The first-order valence-electron chi connectivity index (χ1n) is 9.87. The van der Waals surface area contributed by atoms with Crippen LogP contribution in [0.4, 0.5) is 8.78 Å². The summed E-state index contributed by atoms with van der Waals surface area (Å²) in [5.74, 6) is 0.269. The Hall–Kier alpha value is -3.36. The smallest absolute Gasteiger partial charge is 0.387 e. The van der Waals surface area contributed by atoms with Crippen molar-refractivity contribution in [1.29, 1.82) is 0 Å². The van der Waals surface area contributed by atoms with Crippen molar-refractivity contribution in [1.82, 2.24) is 9.80 Å². The first kappa shape index (κ1) is 22.3. The number of methoxy groups -OCH3 is 1. The van der Waals surface area contributed by atoms with E-state index in [0.29, 0.717) is 36.8 Å². The number of halogens is 2. The Morgan fingerprint density at radius 2 is 1.58 bits per heavy atom. The molecule has 2 aromatic rings. The molecule has 0 saturated carbocycles. The number of ether oxygens (including phenoxy) is 3. The number of para-hydroxylation sites is 1. The Bertz CT molecular complexity index is 930. The summed E-state index contributed by atoms with van der Waals surface area (Å²) < 4.78 is 40.5. The fraction of sp³-hybridized carbons (Fsp3) is 0.364. The van der Waals surface area contributed by atoms with Crippen LogP contribution in [0, 0.1) is 0 Å². The van der Waals surface area contributed by atoms with Crippen molar-refractivity contribution in [3.05, 3.63) is 53.6 Å². The molecule has 9 heteroatoms. The second kappa shape index (κ2) is 10.1. The van der Waals surface area contributed by atoms with E-state index in [-0.39, 0.29) is 30.3 Å². The molecule has 3 rings (SSSR count). The van der Waals surface area contributed by atoms with Crippen molar-refractivity contribution in [3.63, 3.8) is 0 Å². The number of nitrogens with zero attached hydrogens (tertiary/aromatic N) is 2. The molecule has 1 aliphatic rings. The van der Waals surface area contributed by atoms with Gasteiger partial charge in [0.25, 0.3) is 11.8 Å². The Labute approximate surface area is 179 Å². The summed E-state index contributed by atoms with van der Waals surface area (Å²) in [5.41, 5.74) is 0.527. The number of amides is 2. The highest BCUT2D eigenvalue weighted by molar-refractivity contribution is 5.98. The van der Waals surface area contributed by atoms with Gasteiger partial charge in [-0.3, -0.25) is 9.59 Å². The van der Waals surface area contributed by atoms with Crippen LogP contribution >= 0.6 is 0 Å². The van der Waals surface area contributed by atoms with E-state index in [1.165, 1.54) is 30.2 Å². The Kier molecular flexibility index (Phi) is 7.28. The van der Waals surface area contributed by atoms with Crippen molar-refractivity contribution in [3.8, 4) is 17.2 Å². The predicted molar refractivity (Wildman–Crippen MR) is 109 cm³/mol. The van der Waals surface area contributed by atoms with Crippen LogP contribution in [0.5, 0.6) is 17.2 Å². The molecule has 0 atom stereocenters. The standard InChI is InChI=1S/C22H24F2N2O5/c1-3-30-19-14-15(8-9-18(19)29-2)20(27)25-10-12-26(13-11-25)21(28)16-6-4-5-7-17(16)31-22(23)24/h4-9,14,22H,3,10-13H2,1-2H3. The van der Waals surface area contributed by atoms with E-state index in [2.05, 4.69) is 4.74 Å². The zero-order valence-corrected chi connectivity index (χ0v) is 17.3. The molecule has 1 fully saturated rings. The molecule has 31 heavy (non-hydrogen) atoms. The number of hydrogen-bond acceptors (Lipinski definition) is 5. The maximum absolute atomic E-state index is 12.9. The van der Waals surface area contributed by atoms with Gasteiger partial charge in [0, 0.05) is 31.7 Å². The first-order valence-corrected chi connectivity index (χ1v) is 9.87. The molecule has 1 saturated heterocycles. The van der Waals surface area contributed by atoms with Gasteiger partial charge in [-0.05, 0) is 37.3 Å². The van der Waals surface area contributed by atoms with Crippen LogP contribution in [0.1, 0.15) is 27.6 Å². The van der Waals surface area contributed by atoms with Gasteiger partial charge < -0.3 is 24.0 Å². The largest absolute Gasteiger partial charge is 0.493 e. The molecule has 1 aliphatic heterocycles. The number of piperazine rings is 1. The second-order valence-corrected chi connectivity index (χ2v) is 6.76. The number of carbonyl (C=O) groups excluding carboxylic acids is 2. The normalized spacial score (nSPS) is 13.8. The van der Waals surface area contributed by atoms with Crippen LogP contribution in [0.25, 0.3) is 0 Å². The molecule has 1 heterocycles. The lowest BCUT2D eigenvalue weighted by Gasteiger charge is -2.35. The Balaban J connectivity index is 1.66. The highest BCUT2D eigenvalue weighted by Crippen LogP contribution is 2.29. The lowest BCUT2D eigenvalue weighted by molar-refractivity contribution is -0.0503. The molecular formula is C22H24F2N2O5. The molecule has 0 bridgehead atoms. The van der Waals surface area contributed by atoms with E-state index < -0.39 is 12.5 Å². The number of carbonyl (C=O) groups is 2. The number of hydrogen-bond donors (Lipinski definition) is 0. The van der Waals surface area contributed by atoms with Crippen LogP contribution in [0.15, 0.2) is 42.5 Å². The molecule has 0 aliphatic carbocycles. The van der Waals surface area contributed by atoms with E-state index in [1.807, 2.05) is 6.92 Å². The van der Waals surface area contributed by atoms with E-state index >= 15 is 0 Å². The quantitative estimate of drug-likeness (QED) is 0.669. The summed E-state index contributed by atoms with van der Waals surface area (Å²) in [7, 11) is 1.53. The van der Waals surface area contributed by atoms with Crippen LogP contribution in [-0.4, -0.2) is 68.1 Å². The first-order chi connectivity index (χ1) is 14.9. The predicted octanol–water partition coefficient (Wildman–Crippen LogP) is 3.29. The van der Waals surface area contributed by atoms with Crippen molar-refractivity contribution >= 4 is 11.8 Å². The van der Waals surface area contributed by atoms with Gasteiger partial charge in [0.1, 0.15) is 5.75 Å². The van der Waals surface area contributed by atoms with Gasteiger partial charge >= 0.3 is 6.61 Å². The topological polar surface area (TPSA) is 68.3 Å². The maximum Gasteiger partial charge on any atom is 0.387 e. The average molecular weight is 434 g/mol. The van der Waals surface area contributed by atoms with E-state index in [0.717, 1.165) is 0 Å². The number of alkyl halides is 2. The fourth-order valence-electron chi connectivity index (χ4n) is 3.39. The third-order valence-corrected chi connectivity index (χ3v) is 4.90. The fourth-order valence-corrected chi connectivity index (χ4v) is 3.39. The molecule has 0 unspecified atom stereocenters. The molecule has 0 aromatic heterocycles. The highest BCUT2D eigenvalue weighted by atomic mass is 19.3. The zero-order valence-electron chi connectivity index (χ0n) is 17.3. The molecular weight excluding hydrogens is 410 g/mol. The van der Waals surface area contributed by atoms with E-state index in [1.54, 1.807) is 29.2 Å². The third kappa shape index (κ3) is 5.22. The van der Waals surface area contributed by atoms with Crippen LogP contribution < -0.4 is 14.2 Å². The molecule has 0 N–H and O–H groups in total. The van der Waals surface area contributed by atoms with Gasteiger partial charge in [-0.15, -0.1) is 0 Å².